The number of rotatable bonds is 6. The number of benzene rings is 1. The first-order chi connectivity index (χ1) is 8.04. The maximum Gasteiger partial charge on any atom is 0.137 e. The summed E-state index contributed by atoms with van der Waals surface area (Å²) < 4.78 is 13.6. The van der Waals surface area contributed by atoms with Gasteiger partial charge in [0.2, 0.25) is 0 Å². The number of hydrogen-bond acceptors (Lipinski definition) is 3. The lowest BCUT2D eigenvalue weighted by Gasteiger charge is -2.19. The van der Waals surface area contributed by atoms with Crippen LogP contribution in [0.1, 0.15) is 11.6 Å². The van der Waals surface area contributed by atoms with Crippen molar-refractivity contribution in [1.29, 1.82) is 0 Å². The van der Waals surface area contributed by atoms with E-state index in [2.05, 4.69) is 26.1 Å². The van der Waals surface area contributed by atoms with Crippen molar-refractivity contribution >= 4 is 15.9 Å². The topological polar surface area (TPSA) is 41.3 Å². The average molecular weight is 304 g/mol. The smallest absolute Gasteiger partial charge is 0.137 e. The van der Waals surface area contributed by atoms with Crippen LogP contribution >= 0.6 is 15.9 Å². The van der Waals surface area contributed by atoms with E-state index >= 15 is 0 Å². The molecule has 1 unspecified atom stereocenters. The molecule has 3 N–H and O–H groups in total. The maximum absolute atomic E-state index is 13.1. The minimum absolute atomic E-state index is 0.0619. The Bertz CT molecular complexity index is 358. The summed E-state index contributed by atoms with van der Waals surface area (Å²) in [6, 6.07) is 5.05. The van der Waals surface area contributed by atoms with Gasteiger partial charge in [0, 0.05) is 25.7 Å². The molecule has 1 rings (SSSR count). The van der Waals surface area contributed by atoms with Crippen LogP contribution in [0.3, 0.4) is 0 Å². The lowest BCUT2D eigenvalue weighted by Crippen LogP contribution is -2.33. The lowest BCUT2D eigenvalue weighted by atomic mass is 10.1. The Morgan fingerprint density at radius 3 is 2.71 bits per heavy atom. The first-order valence-electron chi connectivity index (χ1n) is 5.57. The average Bonchev–Trinajstić information content (AvgIpc) is 2.28. The van der Waals surface area contributed by atoms with Crippen LogP contribution in [0.15, 0.2) is 22.7 Å². The van der Waals surface area contributed by atoms with Crippen molar-refractivity contribution in [3.05, 3.63) is 34.1 Å². The molecule has 3 nitrogen and oxygen atoms in total. The predicted octanol–water partition coefficient (Wildman–Crippen LogP) is 1.74. The predicted molar refractivity (Wildman–Crippen MR) is 72.5 cm³/mol. The van der Waals surface area contributed by atoms with Crippen LogP contribution in [-0.2, 0) is 0 Å². The van der Waals surface area contributed by atoms with Crippen LogP contribution in [0.4, 0.5) is 4.39 Å². The van der Waals surface area contributed by atoms with Crippen molar-refractivity contribution in [3.8, 4) is 0 Å². The molecule has 0 heterocycles. The van der Waals surface area contributed by atoms with Crippen molar-refractivity contribution in [2.45, 2.75) is 6.04 Å². The summed E-state index contributed by atoms with van der Waals surface area (Å²) >= 11 is 3.18. The summed E-state index contributed by atoms with van der Waals surface area (Å²) in [6.07, 6.45) is 0. The van der Waals surface area contributed by atoms with Gasteiger partial charge in [-0.05, 0) is 47.7 Å². The second kappa shape index (κ2) is 7.06. The van der Waals surface area contributed by atoms with E-state index in [1.165, 1.54) is 6.07 Å². The van der Waals surface area contributed by atoms with Crippen LogP contribution < -0.4 is 11.1 Å². The molecule has 0 bridgehead atoms. The molecule has 0 aromatic heterocycles. The van der Waals surface area contributed by atoms with Gasteiger partial charge in [-0.1, -0.05) is 6.07 Å². The van der Waals surface area contributed by atoms with Crippen LogP contribution in [0.25, 0.3) is 0 Å². The Morgan fingerprint density at radius 2 is 2.18 bits per heavy atom. The number of likely N-dealkylation sites (N-methyl/N-ethyl adjacent to an activating group) is 1. The van der Waals surface area contributed by atoms with E-state index in [0.717, 1.165) is 18.7 Å². The number of nitrogens with one attached hydrogen (secondary N) is 1. The summed E-state index contributed by atoms with van der Waals surface area (Å²) in [5.74, 6) is -0.252. The SMILES string of the molecule is CN(C)CCNC(CN)c1ccc(F)c(Br)c1. The Kier molecular flexibility index (Phi) is 6.05. The fourth-order valence-corrected chi connectivity index (χ4v) is 1.93. The van der Waals surface area contributed by atoms with Gasteiger partial charge < -0.3 is 16.0 Å². The molecule has 0 saturated heterocycles. The summed E-state index contributed by atoms with van der Waals surface area (Å²) in [6.45, 7) is 2.29. The molecule has 0 radical (unpaired) electrons. The second-order valence-corrected chi connectivity index (χ2v) is 5.07. The molecule has 96 valence electrons. The molecular weight excluding hydrogens is 285 g/mol. The molecule has 1 aromatic rings. The van der Waals surface area contributed by atoms with Gasteiger partial charge in [-0.25, -0.2) is 4.39 Å². The van der Waals surface area contributed by atoms with E-state index in [9.17, 15) is 4.39 Å². The molecule has 0 saturated carbocycles. The number of hydrogen-bond donors (Lipinski definition) is 2. The maximum atomic E-state index is 13.1. The number of nitrogens with zero attached hydrogens (tertiary/aromatic N) is 1. The van der Waals surface area contributed by atoms with Gasteiger partial charge in [0.1, 0.15) is 5.82 Å². The normalized spacial score (nSPS) is 13.1. The quantitative estimate of drug-likeness (QED) is 0.841. The van der Waals surface area contributed by atoms with Crippen LogP contribution in [0, 0.1) is 5.82 Å². The summed E-state index contributed by atoms with van der Waals surface area (Å²) in [7, 11) is 4.04. The van der Waals surface area contributed by atoms with Gasteiger partial charge in [-0.2, -0.15) is 0 Å². The van der Waals surface area contributed by atoms with Crippen molar-refractivity contribution < 1.29 is 4.39 Å². The third-order valence-corrected chi connectivity index (χ3v) is 3.14. The Labute approximate surface area is 110 Å². The molecule has 0 aliphatic carbocycles. The minimum atomic E-state index is -0.252. The Balaban J connectivity index is 2.62. The van der Waals surface area contributed by atoms with Gasteiger partial charge in [0.25, 0.3) is 0 Å². The van der Waals surface area contributed by atoms with Crippen molar-refractivity contribution in [1.82, 2.24) is 10.2 Å². The molecule has 0 spiro atoms. The molecule has 0 aliphatic heterocycles. The second-order valence-electron chi connectivity index (χ2n) is 4.22. The van der Waals surface area contributed by atoms with E-state index in [4.69, 9.17) is 5.73 Å². The highest BCUT2D eigenvalue weighted by atomic mass is 79.9. The zero-order valence-corrected chi connectivity index (χ0v) is 11.8. The van der Waals surface area contributed by atoms with Gasteiger partial charge >= 0.3 is 0 Å². The molecule has 0 fully saturated rings. The standard InChI is InChI=1S/C12H19BrFN3/c1-17(2)6-5-16-12(8-15)9-3-4-11(14)10(13)7-9/h3-4,7,12,16H,5-6,8,15H2,1-2H3. The third-order valence-electron chi connectivity index (χ3n) is 2.53. The van der Waals surface area contributed by atoms with Crippen LogP contribution in [0.2, 0.25) is 0 Å². The highest BCUT2D eigenvalue weighted by Crippen LogP contribution is 2.20. The molecule has 17 heavy (non-hydrogen) atoms. The van der Waals surface area contributed by atoms with Gasteiger partial charge in [-0.15, -0.1) is 0 Å². The van der Waals surface area contributed by atoms with Gasteiger partial charge in [-0.3, -0.25) is 0 Å². The highest BCUT2D eigenvalue weighted by Gasteiger charge is 2.10. The molecule has 5 heteroatoms. The molecule has 1 aromatic carbocycles. The molecule has 1 atom stereocenters. The van der Waals surface area contributed by atoms with E-state index < -0.39 is 0 Å². The van der Waals surface area contributed by atoms with Crippen LogP contribution in [0.5, 0.6) is 0 Å². The monoisotopic (exact) mass is 303 g/mol. The summed E-state index contributed by atoms with van der Waals surface area (Å²) in [5.41, 5.74) is 6.72. The zero-order valence-electron chi connectivity index (χ0n) is 10.2. The van der Waals surface area contributed by atoms with Gasteiger partial charge in [0.15, 0.2) is 0 Å². The fourth-order valence-electron chi connectivity index (χ4n) is 1.53. The minimum Gasteiger partial charge on any atom is -0.329 e. The number of nitrogens with two attached hydrogens (primary N) is 1. The van der Waals surface area contributed by atoms with Crippen LogP contribution in [-0.4, -0.2) is 38.6 Å². The van der Waals surface area contributed by atoms with Crippen molar-refractivity contribution in [2.24, 2.45) is 5.73 Å². The van der Waals surface area contributed by atoms with E-state index in [1.807, 2.05) is 14.1 Å². The highest BCUT2D eigenvalue weighted by molar-refractivity contribution is 9.10. The first-order valence-corrected chi connectivity index (χ1v) is 6.37. The molecular formula is C12H19BrFN3. The Hall–Kier alpha value is -0.490. The van der Waals surface area contributed by atoms with Crippen molar-refractivity contribution in [2.75, 3.05) is 33.7 Å². The summed E-state index contributed by atoms with van der Waals surface area (Å²) in [5, 5.41) is 3.35. The van der Waals surface area contributed by atoms with Crippen molar-refractivity contribution in [3.63, 3.8) is 0 Å². The van der Waals surface area contributed by atoms with E-state index in [1.54, 1.807) is 12.1 Å². The van der Waals surface area contributed by atoms with E-state index in [0.29, 0.717) is 11.0 Å². The third kappa shape index (κ3) is 4.71. The lowest BCUT2D eigenvalue weighted by molar-refractivity contribution is 0.385. The Morgan fingerprint density at radius 1 is 1.47 bits per heavy atom. The molecule has 0 amide bonds. The van der Waals surface area contributed by atoms with E-state index in [-0.39, 0.29) is 11.9 Å². The molecule has 0 aliphatic rings. The van der Waals surface area contributed by atoms with Gasteiger partial charge in [0.05, 0.1) is 4.47 Å². The number of halogens is 2. The largest absolute Gasteiger partial charge is 0.329 e. The summed E-state index contributed by atoms with van der Waals surface area (Å²) in [4.78, 5) is 2.10. The zero-order chi connectivity index (χ0) is 12.8. The fraction of sp³-hybridized carbons (Fsp3) is 0.500. The first kappa shape index (κ1) is 14.6.